The highest BCUT2D eigenvalue weighted by atomic mass is 32.2. The van der Waals surface area contributed by atoms with Gasteiger partial charge in [0.05, 0.1) is 10.5 Å². The molecule has 21 heavy (non-hydrogen) atoms. The molecule has 1 aromatic carbocycles. The number of hydrogen-bond acceptors (Lipinski definition) is 5. The Morgan fingerprint density at radius 1 is 1.38 bits per heavy atom. The lowest BCUT2D eigenvalue weighted by Crippen LogP contribution is -2.44. The molecule has 1 aromatic rings. The summed E-state index contributed by atoms with van der Waals surface area (Å²) < 4.78 is 0. The zero-order valence-corrected chi connectivity index (χ0v) is 13.1. The van der Waals surface area contributed by atoms with Gasteiger partial charge in [-0.3, -0.25) is 14.9 Å². The van der Waals surface area contributed by atoms with Crippen LogP contribution in [0, 0.1) is 10.1 Å². The molecule has 2 rings (SSSR count). The Morgan fingerprint density at radius 2 is 2.00 bits per heavy atom. The largest absolute Gasteiger partial charge is 0.387 e. The van der Waals surface area contributed by atoms with Crippen molar-refractivity contribution in [1.82, 2.24) is 4.90 Å². The Morgan fingerprint density at radius 3 is 2.52 bits per heavy atom. The first kappa shape index (κ1) is 15.6. The van der Waals surface area contributed by atoms with Crippen LogP contribution < -0.4 is 5.32 Å². The highest BCUT2D eigenvalue weighted by Crippen LogP contribution is 2.28. The van der Waals surface area contributed by atoms with Crippen LogP contribution in [0.5, 0.6) is 0 Å². The van der Waals surface area contributed by atoms with Crippen LogP contribution in [0.2, 0.25) is 0 Å². The zero-order valence-electron chi connectivity index (χ0n) is 12.3. The second kappa shape index (κ2) is 6.34. The molecule has 6 nitrogen and oxygen atoms in total. The molecule has 2 atom stereocenters. The number of thioether (sulfide) groups is 1. The summed E-state index contributed by atoms with van der Waals surface area (Å²) in [7, 11) is 1.70. The van der Waals surface area contributed by atoms with E-state index in [1.807, 2.05) is 11.8 Å². The van der Waals surface area contributed by atoms with E-state index in [2.05, 4.69) is 19.2 Å². The lowest BCUT2D eigenvalue weighted by molar-refractivity contribution is -0.384. The zero-order chi connectivity index (χ0) is 15.6. The van der Waals surface area contributed by atoms with Gasteiger partial charge in [-0.25, -0.2) is 0 Å². The molecule has 1 amide bonds. The highest BCUT2D eigenvalue weighted by Gasteiger charge is 2.28. The third-order valence-corrected chi connectivity index (χ3v) is 4.65. The monoisotopic (exact) mass is 309 g/mol. The number of non-ortho nitro benzene ring substituents is 1. The van der Waals surface area contributed by atoms with Gasteiger partial charge in [-0.1, -0.05) is 13.8 Å². The summed E-state index contributed by atoms with van der Waals surface area (Å²) in [4.78, 5) is 24.9. The summed E-state index contributed by atoms with van der Waals surface area (Å²) >= 11 is 1.86. The highest BCUT2D eigenvalue weighted by molar-refractivity contribution is 8.00. The van der Waals surface area contributed by atoms with E-state index < -0.39 is 4.92 Å². The number of carbonyl (C=O) groups is 1. The number of nitrogens with one attached hydrogen (secondary N) is 1. The maximum atomic E-state index is 12.7. The van der Waals surface area contributed by atoms with Crippen LogP contribution in [0.1, 0.15) is 24.2 Å². The quantitative estimate of drug-likeness (QED) is 0.686. The Hall–Kier alpha value is -1.76. The molecule has 0 bridgehead atoms. The third kappa shape index (κ3) is 3.47. The van der Waals surface area contributed by atoms with E-state index in [1.165, 1.54) is 12.1 Å². The van der Waals surface area contributed by atoms with Crippen molar-refractivity contribution in [3.63, 3.8) is 0 Å². The fourth-order valence-electron chi connectivity index (χ4n) is 2.55. The molecule has 114 valence electrons. The predicted octanol–water partition coefficient (Wildman–Crippen LogP) is 2.60. The summed E-state index contributed by atoms with van der Waals surface area (Å²) in [5, 5.41) is 14.6. The Balaban J connectivity index is 2.32. The normalized spacial score (nSPS) is 22.0. The van der Waals surface area contributed by atoms with E-state index in [1.54, 1.807) is 18.0 Å². The van der Waals surface area contributed by atoms with Crippen LogP contribution in [0.25, 0.3) is 0 Å². The number of hydrogen-bond donors (Lipinski definition) is 1. The van der Waals surface area contributed by atoms with Crippen molar-refractivity contribution in [2.24, 2.45) is 0 Å². The van der Waals surface area contributed by atoms with Gasteiger partial charge in [-0.15, -0.1) is 0 Å². The molecule has 0 saturated carbocycles. The van der Waals surface area contributed by atoms with Crippen LogP contribution in [-0.4, -0.2) is 46.4 Å². The standard InChI is InChI=1S/C14H19N3O3S/c1-9-7-16(8-10(2)21-9)14(18)12-6-11(17(19)20)4-5-13(12)15-3/h4-6,9-10,15H,7-8H2,1-3H3. The second-order valence-electron chi connectivity index (χ2n) is 5.20. The van der Waals surface area contributed by atoms with Crippen molar-refractivity contribution in [3.8, 4) is 0 Å². The van der Waals surface area contributed by atoms with Gasteiger partial charge in [0.1, 0.15) is 0 Å². The van der Waals surface area contributed by atoms with Gasteiger partial charge < -0.3 is 10.2 Å². The van der Waals surface area contributed by atoms with Crippen molar-refractivity contribution in [3.05, 3.63) is 33.9 Å². The number of nitro groups is 1. The van der Waals surface area contributed by atoms with E-state index >= 15 is 0 Å². The average Bonchev–Trinajstić information content (AvgIpc) is 2.44. The minimum absolute atomic E-state index is 0.0650. The van der Waals surface area contributed by atoms with Gasteiger partial charge in [0, 0.05) is 48.5 Å². The van der Waals surface area contributed by atoms with Crippen LogP contribution >= 0.6 is 11.8 Å². The molecule has 1 N–H and O–H groups in total. The van der Waals surface area contributed by atoms with E-state index in [4.69, 9.17) is 0 Å². The van der Waals surface area contributed by atoms with Crippen LogP contribution in [0.4, 0.5) is 11.4 Å². The van der Waals surface area contributed by atoms with Crippen molar-refractivity contribution < 1.29 is 9.72 Å². The SMILES string of the molecule is CNc1ccc([N+](=O)[O-])cc1C(=O)N1CC(C)SC(C)C1. The predicted molar refractivity (Wildman–Crippen MR) is 85.1 cm³/mol. The van der Waals surface area contributed by atoms with Gasteiger partial charge in [-0.05, 0) is 6.07 Å². The van der Waals surface area contributed by atoms with Gasteiger partial charge >= 0.3 is 0 Å². The van der Waals surface area contributed by atoms with Gasteiger partial charge in [0.2, 0.25) is 0 Å². The minimum Gasteiger partial charge on any atom is -0.387 e. The number of benzene rings is 1. The summed E-state index contributed by atoms with van der Waals surface area (Å²) in [6.07, 6.45) is 0. The van der Waals surface area contributed by atoms with Crippen molar-refractivity contribution in [2.75, 3.05) is 25.5 Å². The molecule has 1 aliphatic heterocycles. The first-order valence-electron chi connectivity index (χ1n) is 6.83. The molecule has 1 fully saturated rings. The third-order valence-electron chi connectivity index (χ3n) is 3.42. The molecule has 0 aromatic heterocycles. The van der Waals surface area contributed by atoms with Crippen molar-refractivity contribution >= 4 is 29.0 Å². The Bertz CT molecular complexity index is 554. The van der Waals surface area contributed by atoms with E-state index in [-0.39, 0.29) is 11.6 Å². The maximum absolute atomic E-state index is 12.7. The summed E-state index contributed by atoms with van der Waals surface area (Å²) in [6, 6.07) is 4.34. The van der Waals surface area contributed by atoms with E-state index in [0.717, 1.165) is 0 Å². The Labute approximate surface area is 128 Å². The van der Waals surface area contributed by atoms with Gasteiger partial charge in [0.25, 0.3) is 11.6 Å². The number of amides is 1. The molecular weight excluding hydrogens is 290 g/mol. The van der Waals surface area contributed by atoms with Crippen LogP contribution in [-0.2, 0) is 0 Å². The van der Waals surface area contributed by atoms with Crippen molar-refractivity contribution in [1.29, 1.82) is 0 Å². The maximum Gasteiger partial charge on any atom is 0.270 e. The van der Waals surface area contributed by atoms with E-state index in [0.29, 0.717) is 34.8 Å². The van der Waals surface area contributed by atoms with Gasteiger partial charge in [-0.2, -0.15) is 11.8 Å². The number of carbonyl (C=O) groups excluding carboxylic acids is 1. The first-order valence-corrected chi connectivity index (χ1v) is 7.77. The smallest absolute Gasteiger partial charge is 0.270 e. The second-order valence-corrected chi connectivity index (χ2v) is 7.09. The number of anilines is 1. The van der Waals surface area contributed by atoms with Crippen LogP contribution in [0.3, 0.4) is 0 Å². The molecule has 0 radical (unpaired) electrons. The number of nitrogens with zero attached hydrogens (tertiary/aromatic N) is 2. The topological polar surface area (TPSA) is 75.5 Å². The summed E-state index contributed by atoms with van der Waals surface area (Å²) in [5.74, 6) is -0.151. The average molecular weight is 309 g/mol. The fraction of sp³-hybridized carbons (Fsp3) is 0.500. The molecule has 1 saturated heterocycles. The van der Waals surface area contributed by atoms with Gasteiger partial charge in [0.15, 0.2) is 0 Å². The molecule has 7 heteroatoms. The fourth-order valence-corrected chi connectivity index (χ4v) is 3.88. The Kier molecular flexibility index (Phi) is 4.72. The molecule has 0 aliphatic carbocycles. The lowest BCUT2D eigenvalue weighted by atomic mass is 10.1. The molecule has 2 unspecified atom stereocenters. The molecular formula is C14H19N3O3S. The van der Waals surface area contributed by atoms with Crippen LogP contribution in [0.15, 0.2) is 18.2 Å². The van der Waals surface area contributed by atoms with Crippen molar-refractivity contribution in [2.45, 2.75) is 24.3 Å². The molecule has 0 spiro atoms. The molecule has 1 heterocycles. The summed E-state index contributed by atoms with van der Waals surface area (Å²) in [5.41, 5.74) is 0.909. The van der Waals surface area contributed by atoms with E-state index in [9.17, 15) is 14.9 Å². The number of nitro benzene ring substituents is 1. The number of rotatable bonds is 3. The lowest BCUT2D eigenvalue weighted by Gasteiger charge is -2.34. The summed E-state index contributed by atoms with van der Waals surface area (Å²) in [6.45, 7) is 5.51. The molecule has 1 aliphatic rings. The first-order chi connectivity index (χ1) is 9.92. The minimum atomic E-state index is -0.479.